The van der Waals surface area contributed by atoms with Crippen molar-refractivity contribution in [1.82, 2.24) is 0 Å². The third kappa shape index (κ3) is 3.30. The molecule has 5 nitrogen and oxygen atoms in total. The number of anilines is 1. The summed E-state index contributed by atoms with van der Waals surface area (Å²) < 4.78 is 0. The Labute approximate surface area is 119 Å². The fraction of sp³-hybridized carbons (Fsp3) is 0.0714. The average Bonchev–Trinajstić information content (AvgIpc) is 2.91. The molecule has 0 bridgehead atoms. The number of hydrogen-bond donors (Lipinski definition) is 1. The molecule has 1 heterocycles. The van der Waals surface area contributed by atoms with Crippen molar-refractivity contribution in [1.29, 1.82) is 0 Å². The number of amides is 1. The molecule has 2 rings (SSSR count). The van der Waals surface area contributed by atoms with Crippen LogP contribution in [0.2, 0.25) is 0 Å². The van der Waals surface area contributed by atoms with Gasteiger partial charge in [-0.25, -0.2) is 0 Å². The van der Waals surface area contributed by atoms with Gasteiger partial charge in [0.2, 0.25) is 5.91 Å². The molecule has 2 aromatic rings. The lowest BCUT2D eigenvalue weighted by molar-refractivity contribution is -0.384. The molecule has 0 aliphatic rings. The molecule has 0 fully saturated rings. The Bertz CT molecular complexity index is 663. The minimum Gasteiger partial charge on any atom is -0.317 e. The summed E-state index contributed by atoms with van der Waals surface area (Å²) in [5.41, 5.74) is 0.776. The molecule has 0 saturated heterocycles. The van der Waals surface area contributed by atoms with Crippen LogP contribution < -0.4 is 5.32 Å². The van der Waals surface area contributed by atoms with Crippen LogP contribution in [0, 0.1) is 17.0 Å². The molecule has 0 radical (unpaired) electrons. The summed E-state index contributed by atoms with van der Waals surface area (Å²) in [5.74, 6) is -0.393. The molecular weight excluding hydrogens is 276 g/mol. The van der Waals surface area contributed by atoms with E-state index in [9.17, 15) is 14.9 Å². The molecule has 102 valence electrons. The second-order valence-corrected chi connectivity index (χ2v) is 5.04. The van der Waals surface area contributed by atoms with Crippen LogP contribution >= 0.6 is 11.3 Å². The quantitative estimate of drug-likeness (QED) is 0.530. The van der Waals surface area contributed by atoms with Gasteiger partial charge < -0.3 is 5.32 Å². The van der Waals surface area contributed by atoms with Crippen LogP contribution in [0.5, 0.6) is 0 Å². The van der Waals surface area contributed by atoms with Gasteiger partial charge in [-0.2, -0.15) is 0 Å². The predicted octanol–water partition coefficient (Wildman–Crippen LogP) is 3.62. The summed E-state index contributed by atoms with van der Waals surface area (Å²) >= 11 is 1.51. The minimum absolute atomic E-state index is 0.108. The molecule has 0 aliphatic carbocycles. The van der Waals surface area contributed by atoms with Gasteiger partial charge in [-0.3, -0.25) is 14.9 Å². The molecule has 20 heavy (non-hydrogen) atoms. The molecule has 1 aromatic heterocycles. The molecule has 0 atom stereocenters. The molecule has 1 aromatic carbocycles. The van der Waals surface area contributed by atoms with Gasteiger partial charge in [0, 0.05) is 17.0 Å². The Morgan fingerprint density at radius 1 is 1.35 bits per heavy atom. The Hall–Kier alpha value is -2.47. The Balaban J connectivity index is 2.18. The number of thiophene rings is 1. The van der Waals surface area contributed by atoms with Crippen LogP contribution in [-0.2, 0) is 4.79 Å². The molecular formula is C14H12N2O3S. The average molecular weight is 288 g/mol. The number of benzene rings is 1. The van der Waals surface area contributed by atoms with E-state index in [1.807, 2.05) is 17.5 Å². The van der Waals surface area contributed by atoms with Crippen molar-refractivity contribution in [3.05, 3.63) is 62.3 Å². The Morgan fingerprint density at radius 2 is 2.15 bits per heavy atom. The second kappa shape index (κ2) is 6.12. The topological polar surface area (TPSA) is 72.2 Å². The fourth-order valence-corrected chi connectivity index (χ4v) is 2.29. The highest BCUT2D eigenvalue weighted by molar-refractivity contribution is 7.10. The first-order valence-corrected chi connectivity index (χ1v) is 6.72. The van der Waals surface area contributed by atoms with Crippen LogP contribution in [0.4, 0.5) is 11.4 Å². The largest absolute Gasteiger partial charge is 0.317 e. The van der Waals surface area contributed by atoms with Crippen molar-refractivity contribution in [2.75, 3.05) is 5.32 Å². The number of carbonyl (C=O) groups is 1. The summed E-state index contributed by atoms with van der Waals surface area (Å²) in [6.07, 6.45) is 3.03. The smallest absolute Gasteiger partial charge is 0.293 e. The van der Waals surface area contributed by atoms with E-state index in [1.165, 1.54) is 23.5 Å². The summed E-state index contributed by atoms with van der Waals surface area (Å²) in [6, 6.07) is 8.43. The third-order valence-electron chi connectivity index (χ3n) is 2.64. The zero-order chi connectivity index (χ0) is 14.5. The summed E-state index contributed by atoms with van der Waals surface area (Å²) in [4.78, 5) is 23.2. The molecule has 6 heteroatoms. The van der Waals surface area contributed by atoms with Crippen molar-refractivity contribution in [3.8, 4) is 0 Å². The number of nitrogens with one attached hydrogen (secondary N) is 1. The molecule has 1 N–H and O–H groups in total. The Morgan fingerprint density at radius 3 is 2.80 bits per heavy atom. The van der Waals surface area contributed by atoms with Crippen LogP contribution in [0.15, 0.2) is 41.8 Å². The highest BCUT2D eigenvalue weighted by atomic mass is 32.1. The zero-order valence-electron chi connectivity index (χ0n) is 10.7. The lowest BCUT2D eigenvalue weighted by Gasteiger charge is -2.06. The normalized spacial score (nSPS) is 10.7. The van der Waals surface area contributed by atoms with Gasteiger partial charge in [-0.1, -0.05) is 18.2 Å². The number of rotatable bonds is 4. The predicted molar refractivity (Wildman–Crippen MR) is 79.8 cm³/mol. The van der Waals surface area contributed by atoms with Crippen molar-refractivity contribution >= 4 is 34.7 Å². The first-order valence-electron chi connectivity index (χ1n) is 5.84. The molecule has 0 unspecified atom stereocenters. The molecule has 0 spiro atoms. The minimum atomic E-state index is -0.508. The lowest BCUT2D eigenvalue weighted by Crippen LogP contribution is -2.10. The summed E-state index contributed by atoms with van der Waals surface area (Å²) in [6.45, 7) is 1.71. The second-order valence-electron chi connectivity index (χ2n) is 4.06. The van der Waals surface area contributed by atoms with Gasteiger partial charge in [-0.05, 0) is 30.0 Å². The maximum Gasteiger partial charge on any atom is 0.293 e. The number of carbonyl (C=O) groups excluding carboxylic acids is 1. The third-order valence-corrected chi connectivity index (χ3v) is 3.48. The van der Waals surface area contributed by atoms with E-state index >= 15 is 0 Å². The van der Waals surface area contributed by atoms with Crippen molar-refractivity contribution < 1.29 is 9.72 Å². The number of aryl methyl sites for hydroxylation is 1. The SMILES string of the molecule is Cc1cccc([N+](=O)[O-])c1NC(=O)/C=C/c1cccs1. The maximum atomic E-state index is 11.8. The van der Waals surface area contributed by atoms with E-state index < -0.39 is 10.8 Å². The van der Waals surface area contributed by atoms with Gasteiger partial charge in [0.05, 0.1) is 4.92 Å². The van der Waals surface area contributed by atoms with E-state index in [0.717, 1.165) is 4.88 Å². The molecule has 0 saturated carbocycles. The van der Waals surface area contributed by atoms with Gasteiger partial charge in [-0.15, -0.1) is 11.3 Å². The van der Waals surface area contributed by atoms with Gasteiger partial charge in [0.15, 0.2) is 0 Å². The van der Waals surface area contributed by atoms with Crippen molar-refractivity contribution in [3.63, 3.8) is 0 Å². The fourth-order valence-electron chi connectivity index (χ4n) is 1.68. The Kier molecular flexibility index (Phi) is 4.27. The van der Waals surface area contributed by atoms with E-state index in [0.29, 0.717) is 5.56 Å². The summed E-state index contributed by atoms with van der Waals surface area (Å²) in [5, 5.41) is 15.4. The number of hydrogen-bond acceptors (Lipinski definition) is 4. The maximum absolute atomic E-state index is 11.8. The molecule has 1 amide bonds. The first kappa shape index (κ1) is 14.0. The number of nitro groups is 1. The van der Waals surface area contributed by atoms with Crippen LogP contribution in [-0.4, -0.2) is 10.8 Å². The standard InChI is InChI=1S/C14H12N2O3S/c1-10-4-2-6-12(16(18)19)14(10)15-13(17)8-7-11-5-3-9-20-11/h2-9H,1H3,(H,15,17)/b8-7+. The van der Waals surface area contributed by atoms with Gasteiger partial charge in [0.25, 0.3) is 5.69 Å². The highest BCUT2D eigenvalue weighted by Gasteiger charge is 2.16. The van der Waals surface area contributed by atoms with Crippen molar-refractivity contribution in [2.24, 2.45) is 0 Å². The monoisotopic (exact) mass is 288 g/mol. The summed E-state index contributed by atoms with van der Waals surface area (Å²) in [7, 11) is 0. The van der Waals surface area contributed by atoms with Crippen LogP contribution in [0.1, 0.15) is 10.4 Å². The molecule has 0 aliphatic heterocycles. The van der Waals surface area contributed by atoms with E-state index in [4.69, 9.17) is 0 Å². The van der Waals surface area contributed by atoms with E-state index in [-0.39, 0.29) is 11.4 Å². The first-order chi connectivity index (χ1) is 9.58. The number of nitro benzene ring substituents is 1. The number of para-hydroxylation sites is 1. The van der Waals surface area contributed by atoms with Crippen molar-refractivity contribution in [2.45, 2.75) is 6.92 Å². The highest BCUT2D eigenvalue weighted by Crippen LogP contribution is 2.27. The van der Waals surface area contributed by atoms with Gasteiger partial charge in [0.1, 0.15) is 5.69 Å². The zero-order valence-corrected chi connectivity index (χ0v) is 11.5. The van der Waals surface area contributed by atoms with Crippen LogP contribution in [0.25, 0.3) is 6.08 Å². The number of nitrogens with zero attached hydrogens (tertiary/aromatic N) is 1. The lowest BCUT2D eigenvalue weighted by atomic mass is 10.1. The van der Waals surface area contributed by atoms with Crippen LogP contribution in [0.3, 0.4) is 0 Å². The van der Waals surface area contributed by atoms with Gasteiger partial charge >= 0.3 is 0 Å². The van der Waals surface area contributed by atoms with E-state index in [1.54, 1.807) is 25.1 Å². The van der Waals surface area contributed by atoms with E-state index in [2.05, 4.69) is 5.32 Å².